The predicted octanol–water partition coefficient (Wildman–Crippen LogP) is 4.04. The molecule has 0 amide bonds. The van der Waals surface area contributed by atoms with Crippen LogP contribution < -0.4 is 5.73 Å². The van der Waals surface area contributed by atoms with Crippen molar-refractivity contribution >= 4 is 29.0 Å². The van der Waals surface area contributed by atoms with Gasteiger partial charge in [0.25, 0.3) is 0 Å². The topological polar surface area (TPSA) is 56.7 Å². The zero-order chi connectivity index (χ0) is 15.0. The smallest absolute Gasteiger partial charge is 0.129 e. The highest BCUT2D eigenvalue weighted by molar-refractivity contribution is 6.42. The first kappa shape index (κ1) is 13.9. The number of hydrogen-bond donors (Lipinski definition) is 1. The third kappa shape index (κ3) is 2.48. The number of nitrogen functional groups attached to an aromatic ring is 1. The number of rotatable bonds is 2. The highest BCUT2D eigenvalue weighted by atomic mass is 35.5. The van der Waals surface area contributed by atoms with E-state index in [0.717, 1.165) is 22.4 Å². The summed E-state index contributed by atoms with van der Waals surface area (Å²) in [6.07, 6.45) is 3.47. The van der Waals surface area contributed by atoms with Gasteiger partial charge >= 0.3 is 0 Å². The Balaban J connectivity index is 2.24. The summed E-state index contributed by atoms with van der Waals surface area (Å²) in [5.41, 5.74) is 9.52. The van der Waals surface area contributed by atoms with Crippen LogP contribution in [-0.2, 0) is 7.05 Å². The van der Waals surface area contributed by atoms with Gasteiger partial charge in [-0.05, 0) is 29.8 Å². The summed E-state index contributed by atoms with van der Waals surface area (Å²) in [7, 11) is 1.80. The lowest BCUT2D eigenvalue weighted by Gasteiger charge is -2.06. The van der Waals surface area contributed by atoms with Crippen LogP contribution >= 0.6 is 23.2 Å². The number of anilines is 1. The van der Waals surface area contributed by atoms with E-state index in [4.69, 9.17) is 28.9 Å². The molecule has 0 saturated carbocycles. The van der Waals surface area contributed by atoms with Crippen molar-refractivity contribution in [3.63, 3.8) is 0 Å². The summed E-state index contributed by atoms with van der Waals surface area (Å²) in [5, 5.41) is 5.47. The van der Waals surface area contributed by atoms with Crippen LogP contribution in [0, 0.1) is 0 Å². The Labute approximate surface area is 132 Å². The van der Waals surface area contributed by atoms with Gasteiger partial charge in [-0.2, -0.15) is 5.10 Å². The average Bonchev–Trinajstić information content (AvgIpc) is 2.79. The first-order chi connectivity index (χ1) is 10.1. The quantitative estimate of drug-likeness (QED) is 0.775. The van der Waals surface area contributed by atoms with Crippen molar-refractivity contribution in [3.8, 4) is 22.4 Å². The van der Waals surface area contributed by atoms with E-state index in [1.54, 1.807) is 36.3 Å². The molecule has 1 aromatic carbocycles. The number of nitrogens with two attached hydrogens (primary N) is 1. The minimum absolute atomic E-state index is 0.481. The van der Waals surface area contributed by atoms with Crippen molar-refractivity contribution < 1.29 is 0 Å². The highest BCUT2D eigenvalue weighted by Gasteiger charge is 2.18. The molecule has 0 aliphatic rings. The Hall–Kier alpha value is -2.04. The van der Waals surface area contributed by atoms with Gasteiger partial charge in [-0.15, -0.1) is 0 Å². The van der Waals surface area contributed by atoms with E-state index in [0.29, 0.717) is 15.9 Å². The van der Waals surface area contributed by atoms with Gasteiger partial charge in [0.2, 0.25) is 0 Å². The lowest BCUT2D eigenvalue weighted by atomic mass is 10.0. The molecule has 0 aliphatic carbocycles. The summed E-state index contributed by atoms with van der Waals surface area (Å²) >= 11 is 12.1. The van der Waals surface area contributed by atoms with Gasteiger partial charge in [0.15, 0.2) is 0 Å². The second-order valence-electron chi connectivity index (χ2n) is 4.60. The van der Waals surface area contributed by atoms with Crippen molar-refractivity contribution in [2.24, 2.45) is 7.05 Å². The molecule has 0 aliphatic heterocycles. The molecule has 3 rings (SSSR count). The van der Waals surface area contributed by atoms with Gasteiger partial charge < -0.3 is 5.73 Å². The fourth-order valence-corrected chi connectivity index (χ4v) is 2.48. The zero-order valence-corrected chi connectivity index (χ0v) is 12.7. The van der Waals surface area contributed by atoms with Gasteiger partial charge in [0.1, 0.15) is 11.5 Å². The highest BCUT2D eigenvalue weighted by Crippen LogP contribution is 2.37. The lowest BCUT2D eigenvalue weighted by Crippen LogP contribution is -1.98. The predicted molar refractivity (Wildman–Crippen MR) is 86.3 cm³/mol. The fraction of sp³-hybridized carbons (Fsp3) is 0.0667. The summed E-state index contributed by atoms with van der Waals surface area (Å²) in [5.74, 6) is 0.562. The van der Waals surface area contributed by atoms with Crippen LogP contribution in [0.2, 0.25) is 10.0 Å². The molecule has 4 nitrogen and oxygen atoms in total. The lowest BCUT2D eigenvalue weighted by molar-refractivity contribution is 0.782. The number of benzene rings is 1. The molecule has 2 heterocycles. The van der Waals surface area contributed by atoms with Crippen molar-refractivity contribution in [2.45, 2.75) is 0 Å². The molecule has 21 heavy (non-hydrogen) atoms. The largest absolute Gasteiger partial charge is 0.383 e. The average molecular weight is 319 g/mol. The van der Waals surface area contributed by atoms with E-state index in [1.165, 1.54) is 0 Å². The molecule has 3 aromatic rings. The van der Waals surface area contributed by atoms with E-state index >= 15 is 0 Å². The summed E-state index contributed by atoms with van der Waals surface area (Å²) in [4.78, 5) is 4.13. The first-order valence-electron chi connectivity index (χ1n) is 6.26. The van der Waals surface area contributed by atoms with Crippen LogP contribution in [-0.4, -0.2) is 14.8 Å². The Morgan fingerprint density at radius 2 is 1.90 bits per heavy atom. The van der Waals surface area contributed by atoms with Crippen molar-refractivity contribution in [1.82, 2.24) is 14.8 Å². The van der Waals surface area contributed by atoms with Crippen LogP contribution in [0.4, 0.5) is 5.82 Å². The van der Waals surface area contributed by atoms with Gasteiger partial charge in [0, 0.05) is 25.0 Å². The molecule has 0 atom stereocenters. The number of aryl methyl sites for hydroxylation is 1. The maximum absolute atomic E-state index is 6.16. The van der Waals surface area contributed by atoms with Crippen LogP contribution in [0.25, 0.3) is 22.4 Å². The molecule has 0 fully saturated rings. The second kappa shape index (κ2) is 5.39. The Kier molecular flexibility index (Phi) is 3.57. The maximum atomic E-state index is 6.16. The SMILES string of the molecule is Cn1nc(-c2cccnc2)c(-c2ccc(Cl)c(Cl)c2)c1N. The van der Waals surface area contributed by atoms with E-state index in [1.807, 2.05) is 18.2 Å². The Bertz CT molecular complexity index is 797. The third-order valence-electron chi connectivity index (χ3n) is 3.23. The Morgan fingerprint density at radius 1 is 1.10 bits per heavy atom. The van der Waals surface area contributed by atoms with E-state index < -0.39 is 0 Å². The van der Waals surface area contributed by atoms with Crippen molar-refractivity contribution in [1.29, 1.82) is 0 Å². The molecule has 2 N–H and O–H groups in total. The standard InChI is InChI=1S/C15H12Cl2N4/c1-21-15(18)13(9-4-5-11(16)12(17)7-9)14(20-21)10-3-2-6-19-8-10/h2-8H,18H2,1H3. The number of aromatic nitrogens is 3. The molecule has 0 bridgehead atoms. The van der Waals surface area contributed by atoms with Gasteiger partial charge in [0.05, 0.1) is 15.6 Å². The van der Waals surface area contributed by atoms with Crippen LogP contribution in [0.5, 0.6) is 0 Å². The molecular weight excluding hydrogens is 307 g/mol. The van der Waals surface area contributed by atoms with Crippen LogP contribution in [0.3, 0.4) is 0 Å². The molecule has 0 spiro atoms. The normalized spacial score (nSPS) is 10.8. The molecule has 6 heteroatoms. The number of nitrogens with zero attached hydrogens (tertiary/aromatic N) is 3. The summed E-state index contributed by atoms with van der Waals surface area (Å²) in [6.45, 7) is 0. The molecule has 0 unspecified atom stereocenters. The molecule has 2 aromatic heterocycles. The molecular formula is C15H12Cl2N4. The number of hydrogen-bond acceptors (Lipinski definition) is 3. The summed E-state index contributed by atoms with van der Waals surface area (Å²) < 4.78 is 1.64. The number of pyridine rings is 1. The van der Waals surface area contributed by atoms with E-state index in [-0.39, 0.29) is 0 Å². The maximum Gasteiger partial charge on any atom is 0.129 e. The van der Waals surface area contributed by atoms with Crippen LogP contribution in [0.1, 0.15) is 0 Å². The first-order valence-corrected chi connectivity index (χ1v) is 7.02. The van der Waals surface area contributed by atoms with E-state index in [2.05, 4.69) is 10.1 Å². The summed E-state index contributed by atoms with van der Waals surface area (Å²) in [6, 6.07) is 9.21. The van der Waals surface area contributed by atoms with E-state index in [9.17, 15) is 0 Å². The van der Waals surface area contributed by atoms with Gasteiger partial charge in [-0.3, -0.25) is 9.67 Å². The molecule has 0 saturated heterocycles. The second-order valence-corrected chi connectivity index (χ2v) is 5.42. The number of halogens is 2. The molecule has 106 valence electrons. The minimum atomic E-state index is 0.481. The minimum Gasteiger partial charge on any atom is -0.383 e. The van der Waals surface area contributed by atoms with Gasteiger partial charge in [-0.1, -0.05) is 29.3 Å². The van der Waals surface area contributed by atoms with Crippen molar-refractivity contribution in [3.05, 3.63) is 52.8 Å². The van der Waals surface area contributed by atoms with Crippen molar-refractivity contribution in [2.75, 3.05) is 5.73 Å². The third-order valence-corrected chi connectivity index (χ3v) is 3.97. The fourth-order valence-electron chi connectivity index (χ4n) is 2.18. The zero-order valence-electron chi connectivity index (χ0n) is 11.2. The monoisotopic (exact) mass is 318 g/mol. The van der Waals surface area contributed by atoms with Gasteiger partial charge in [-0.25, -0.2) is 0 Å². The Morgan fingerprint density at radius 3 is 2.57 bits per heavy atom. The van der Waals surface area contributed by atoms with Crippen LogP contribution in [0.15, 0.2) is 42.7 Å². The molecule has 0 radical (unpaired) electrons.